The normalized spacial score (nSPS) is 11.3. The SMILES string of the molecule is CN(C)CCOc1ccc(-c2nc(-c3cc(C(=O)O)ccc3F)c(-c3ccnc4[nH]ccc34)[nH]2)cc1. The van der Waals surface area contributed by atoms with Crippen molar-refractivity contribution >= 4 is 17.0 Å². The number of halogens is 1. The minimum Gasteiger partial charge on any atom is -0.492 e. The second-order valence-corrected chi connectivity index (χ2v) is 8.58. The summed E-state index contributed by atoms with van der Waals surface area (Å²) < 4.78 is 20.8. The van der Waals surface area contributed by atoms with Gasteiger partial charge in [0.15, 0.2) is 0 Å². The lowest BCUT2D eigenvalue weighted by molar-refractivity contribution is 0.0697. The van der Waals surface area contributed by atoms with Gasteiger partial charge in [-0.3, -0.25) is 0 Å². The number of ether oxygens (including phenoxy) is 1. The lowest BCUT2D eigenvalue weighted by Gasteiger charge is -2.11. The number of hydrogen-bond donors (Lipinski definition) is 3. The Morgan fingerprint density at radius 1 is 1.08 bits per heavy atom. The van der Waals surface area contributed by atoms with Crippen LogP contribution in [-0.4, -0.2) is 63.2 Å². The number of aromatic nitrogens is 4. The van der Waals surface area contributed by atoms with Crippen molar-refractivity contribution in [2.24, 2.45) is 0 Å². The number of nitrogens with one attached hydrogen (secondary N) is 2. The first-order valence-electron chi connectivity index (χ1n) is 11.3. The summed E-state index contributed by atoms with van der Waals surface area (Å²) in [6.07, 6.45) is 3.43. The third kappa shape index (κ3) is 4.56. The zero-order chi connectivity index (χ0) is 25.2. The molecule has 3 N–H and O–H groups in total. The Morgan fingerprint density at radius 3 is 2.64 bits per heavy atom. The molecule has 5 rings (SSSR count). The van der Waals surface area contributed by atoms with Crippen LogP contribution in [-0.2, 0) is 0 Å². The van der Waals surface area contributed by atoms with Gasteiger partial charge in [-0.05, 0) is 68.7 Å². The van der Waals surface area contributed by atoms with Crippen molar-refractivity contribution in [3.05, 3.63) is 78.4 Å². The molecular formula is C27H24FN5O3. The van der Waals surface area contributed by atoms with E-state index in [0.29, 0.717) is 29.5 Å². The number of carboxylic acid groups (broad SMARTS) is 1. The molecule has 0 fully saturated rings. The fraction of sp³-hybridized carbons (Fsp3) is 0.148. The lowest BCUT2D eigenvalue weighted by Crippen LogP contribution is -2.19. The van der Waals surface area contributed by atoms with E-state index in [1.54, 1.807) is 12.4 Å². The summed E-state index contributed by atoms with van der Waals surface area (Å²) >= 11 is 0. The summed E-state index contributed by atoms with van der Waals surface area (Å²) in [7, 11) is 3.97. The van der Waals surface area contributed by atoms with Gasteiger partial charge in [0.1, 0.15) is 29.6 Å². The van der Waals surface area contributed by atoms with Crippen LogP contribution in [0.5, 0.6) is 5.75 Å². The Kier molecular flexibility index (Phi) is 6.22. The second kappa shape index (κ2) is 9.63. The molecule has 5 aromatic rings. The van der Waals surface area contributed by atoms with Crippen LogP contribution in [0.2, 0.25) is 0 Å². The first-order chi connectivity index (χ1) is 17.4. The van der Waals surface area contributed by atoms with Crippen LogP contribution in [0, 0.1) is 5.82 Å². The number of aromatic carboxylic acids is 1. The highest BCUT2D eigenvalue weighted by Gasteiger charge is 2.21. The number of nitrogens with zero attached hydrogens (tertiary/aromatic N) is 3. The zero-order valence-corrected chi connectivity index (χ0v) is 19.7. The van der Waals surface area contributed by atoms with E-state index in [1.807, 2.05) is 55.4 Å². The van der Waals surface area contributed by atoms with Crippen LogP contribution in [0.4, 0.5) is 4.39 Å². The highest BCUT2D eigenvalue weighted by molar-refractivity contribution is 5.97. The van der Waals surface area contributed by atoms with Crippen LogP contribution in [0.1, 0.15) is 10.4 Å². The number of pyridine rings is 1. The van der Waals surface area contributed by atoms with Gasteiger partial charge in [-0.25, -0.2) is 19.2 Å². The third-order valence-electron chi connectivity index (χ3n) is 5.84. The average Bonchev–Trinajstić information content (AvgIpc) is 3.52. The summed E-state index contributed by atoms with van der Waals surface area (Å²) in [5.74, 6) is -0.463. The van der Waals surface area contributed by atoms with Crippen molar-refractivity contribution in [2.45, 2.75) is 0 Å². The van der Waals surface area contributed by atoms with Gasteiger partial charge >= 0.3 is 5.97 Å². The number of hydrogen-bond acceptors (Lipinski definition) is 5. The molecule has 36 heavy (non-hydrogen) atoms. The summed E-state index contributed by atoms with van der Waals surface area (Å²) in [5, 5.41) is 10.3. The smallest absolute Gasteiger partial charge is 0.335 e. The predicted molar refractivity (Wildman–Crippen MR) is 136 cm³/mol. The van der Waals surface area contributed by atoms with E-state index in [1.165, 1.54) is 12.1 Å². The van der Waals surface area contributed by atoms with Crippen LogP contribution in [0.3, 0.4) is 0 Å². The van der Waals surface area contributed by atoms with E-state index in [9.17, 15) is 9.90 Å². The van der Waals surface area contributed by atoms with Gasteiger partial charge in [-0.15, -0.1) is 0 Å². The van der Waals surface area contributed by atoms with Gasteiger partial charge in [-0.2, -0.15) is 0 Å². The number of likely N-dealkylation sites (N-methyl/N-ethyl adjacent to an activating group) is 1. The van der Waals surface area contributed by atoms with Crippen LogP contribution in [0.15, 0.2) is 67.0 Å². The lowest BCUT2D eigenvalue weighted by atomic mass is 10.0. The quantitative estimate of drug-likeness (QED) is 0.283. The molecule has 0 aliphatic heterocycles. The number of carboxylic acids is 1. The molecule has 2 aromatic carbocycles. The largest absolute Gasteiger partial charge is 0.492 e. The molecule has 0 atom stereocenters. The van der Waals surface area contributed by atoms with E-state index < -0.39 is 11.8 Å². The fourth-order valence-corrected chi connectivity index (χ4v) is 3.97. The van der Waals surface area contributed by atoms with E-state index in [4.69, 9.17) is 9.72 Å². The fourth-order valence-electron chi connectivity index (χ4n) is 3.97. The molecule has 0 unspecified atom stereocenters. The average molecular weight is 486 g/mol. The highest BCUT2D eigenvalue weighted by atomic mass is 19.1. The Labute approximate surface area is 206 Å². The summed E-state index contributed by atoms with van der Waals surface area (Å²) in [5.41, 5.74) is 3.15. The maximum absolute atomic E-state index is 15.0. The summed E-state index contributed by atoms with van der Waals surface area (Å²) in [4.78, 5) is 29.1. The van der Waals surface area contributed by atoms with Crippen molar-refractivity contribution in [1.29, 1.82) is 0 Å². The number of imidazole rings is 1. The van der Waals surface area contributed by atoms with Crippen molar-refractivity contribution in [1.82, 2.24) is 24.8 Å². The molecule has 0 radical (unpaired) electrons. The molecule has 0 spiro atoms. The molecule has 0 amide bonds. The van der Waals surface area contributed by atoms with E-state index in [0.717, 1.165) is 34.9 Å². The molecule has 0 saturated heterocycles. The predicted octanol–water partition coefficient (Wildman–Crippen LogP) is 5.06. The molecule has 0 aliphatic rings. The molecular weight excluding hydrogens is 461 g/mol. The first-order valence-corrected chi connectivity index (χ1v) is 11.3. The van der Waals surface area contributed by atoms with E-state index in [-0.39, 0.29) is 11.1 Å². The van der Waals surface area contributed by atoms with Gasteiger partial charge in [-0.1, -0.05) is 0 Å². The standard InChI is InChI=1S/C27H24FN5O3/c1-33(2)13-14-36-18-6-3-16(4-7-18)25-31-23(19-9-11-29-26-20(19)10-12-30-26)24(32-25)21-15-17(27(34)35)5-8-22(21)28/h3-12,15H,13-14H2,1-2H3,(H,29,30)(H,31,32)(H,34,35). The first kappa shape index (κ1) is 23.3. The number of H-pyrrole nitrogens is 2. The van der Waals surface area contributed by atoms with E-state index >= 15 is 4.39 Å². The minimum absolute atomic E-state index is 0.0253. The molecule has 0 aliphatic carbocycles. The van der Waals surface area contributed by atoms with Gasteiger partial charge in [0.05, 0.1) is 17.0 Å². The number of aromatic amines is 2. The Bertz CT molecular complexity index is 1540. The van der Waals surface area contributed by atoms with Gasteiger partial charge in [0.2, 0.25) is 0 Å². The van der Waals surface area contributed by atoms with Crippen molar-refractivity contribution in [2.75, 3.05) is 27.2 Å². The molecule has 8 nitrogen and oxygen atoms in total. The zero-order valence-electron chi connectivity index (χ0n) is 19.7. The molecule has 3 aromatic heterocycles. The summed E-state index contributed by atoms with van der Waals surface area (Å²) in [6, 6.07) is 14.8. The number of rotatable bonds is 8. The van der Waals surface area contributed by atoms with Crippen molar-refractivity contribution < 1.29 is 19.0 Å². The van der Waals surface area contributed by atoms with Gasteiger partial charge in [0.25, 0.3) is 0 Å². The topological polar surface area (TPSA) is 107 Å². The minimum atomic E-state index is -1.14. The van der Waals surface area contributed by atoms with Gasteiger partial charge in [0, 0.05) is 41.0 Å². The molecule has 182 valence electrons. The van der Waals surface area contributed by atoms with Crippen molar-refractivity contribution in [3.63, 3.8) is 0 Å². The maximum atomic E-state index is 15.0. The number of carbonyl (C=O) groups is 1. The van der Waals surface area contributed by atoms with Gasteiger partial charge < -0.3 is 24.7 Å². The molecule has 0 saturated carbocycles. The number of fused-ring (bicyclic) bond motifs is 1. The monoisotopic (exact) mass is 485 g/mol. The maximum Gasteiger partial charge on any atom is 0.335 e. The Balaban J connectivity index is 1.61. The van der Waals surface area contributed by atoms with Crippen molar-refractivity contribution in [3.8, 4) is 39.7 Å². The van der Waals surface area contributed by atoms with Crippen LogP contribution < -0.4 is 4.74 Å². The number of benzene rings is 2. The Morgan fingerprint density at radius 2 is 1.89 bits per heavy atom. The third-order valence-corrected chi connectivity index (χ3v) is 5.84. The Hall–Kier alpha value is -4.50. The molecule has 3 heterocycles. The van der Waals surface area contributed by atoms with Crippen LogP contribution in [0.25, 0.3) is 44.9 Å². The molecule has 9 heteroatoms. The second-order valence-electron chi connectivity index (χ2n) is 8.58. The highest BCUT2D eigenvalue weighted by Crippen LogP contribution is 2.37. The molecule has 0 bridgehead atoms. The summed E-state index contributed by atoms with van der Waals surface area (Å²) in [6.45, 7) is 1.36. The van der Waals surface area contributed by atoms with E-state index in [2.05, 4.69) is 15.0 Å². The van der Waals surface area contributed by atoms with Crippen LogP contribution >= 0.6 is 0 Å².